The summed E-state index contributed by atoms with van der Waals surface area (Å²) in [4.78, 5) is 38.8. The molecule has 2 atom stereocenters. The molecule has 2 aromatic carbocycles. The second kappa shape index (κ2) is 9.23. The van der Waals surface area contributed by atoms with Crippen molar-refractivity contribution >= 4 is 29.2 Å². The van der Waals surface area contributed by atoms with E-state index >= 15 is 0 Å². The number of fused-ring (bicyclic) bond motifs is 1. The minimum absolute atomic E-state index is 0.156. The molecule has 1 aliphatic rings. The van der Waals surface area contributed by atoms with Crippen LogP contribution in [0.25, 0.3) is 0 Å². The highest BCUT2D eigenvalue weighted by Crippen LogP contribution is 2.31. The van der Waals surface area contributed by atoms with E-state index in [2.05, 4.69) is 5.32 Å². The molecule has 3 rings (SSSR count). The second-order valence-electron chi connectivity index (χ2n) is 6.82. The molecule has 1 aliphatic heterocycles. The van der Waals surface area contributed by atoms with Crippen LogP contribution in [-0.4, -0.2) is 36.5 Å². The maximum absolute atomic E-state index is 12.9. The number of anilines is 2. The van der Waals surface area contributed by atoms with Gasteiger partial charge >= 0.3 is 5.97 Å². The lowest BCUT2D eigenvalue weighted by Gasteiger charge is -2.27. The molecule has 0 aliphatic carbocycles. The fourth-order valence-corrected chi connectivity index (χ4v) is 3.22. The molecule has 2 amide bonds. The fourth-order valence-electron chi connectivity index (χ4n) is 3.22. The van der Waals surface area contributed by atoms with E-state index in [0.29, 0.717) is 23.5 Å². The number of carbonyl (C=O) groups excluding carboxylic acids is 3. The van der Waals surface area contributed by atoms with Gasteiger partial charge in [0.05, 0.1) is 11.4 Å². The lowest BCUT2D eigenvalue weighted by atomic mass is 10.1. The average Bonchev–Trinajstić information content (AvgIpc) is 2.84. The van der Waals surface area contributed by atoms with Gasteiger partial charge in [-0.15, -0.1) is 0 Å². The predicted octanol–water partition coefficient (Wildman–Crippen LogP) is 3.15. The third kappa shape index (κ3) is 4.93. The zero-order chi connectivity index (χ0) is 20.8. The van der Waals surface area contributed by atoms with Crippen molar-refractivity contribution in [3.8, 4) is 5.75 Å². The minimum atomic E-state index is -0.803. The largest absolute Gasteiger partial charge is 0.479 e. The van der Waals surface area contributed by atoms with Crippen molar-refractivity contribution in [3.05, 3.63) is 54.6 Å². The van der Waals surface area contributed by atoms with Crippen LogP contribution in [0.3, 0.4) is 0 Å². The van der Waals surface area contributed by atoms with Crippen molar-refractivity contribution in [2.45, 2.75) is 38.8 Å². The van der Waals surface area contributed by atoms with Gasteiger partial charge in [-0.05, 0) is 37.6 Å². The molecule has 2 aromatic rings. The molecule has 0 bridgehead atoms. The van der Waals surface area contributed by atoms with Gasteiger partial charge in [0.1, 0.15) is 5.75 Å². The Kier molecular flexibility index (Phi) is 6.49. The Morgan fingerprint density at radius 1 is 1.14 bits per heavy atom. The highest BCUT2D eigenvalue weighted by atomic mass is 16.6. The highest BCUT2D eigenvalue weighted by Gasteiger charge is 2.30. The quantitative estimate of drug-likeness (QED) is 0.758. The number of nitrogens with one attached hydrogen (secondary N) is 1. The van der Waals surface area contributed by atoms with Crippen molar-refractivity contribution < 1.29 is 23.9 Å². The van der Waals surface area contributed by atoms with Crippen molar-refractivity contribution in [1.29, 1.82) is 0 Å². The van der Waals surface area contributed by atoms with Gasteiger partial charge in [-0.3, -0.25) is 9.59 Å². The fraction of sp³-hybridized carbons (Fsp3) is 0.318. The first-order valence-corrected chi connectivity index (χ1v) is 9.59. The van der Waals surface area contributed by atoms with E-state index in [4.69, 9.17) is 9.47 Å². The average molecular weight is 396 g/mol. The molecule has 0 radical (unpaired) electrons. The Morgan fingerprint density at radius 3 is 2.55 bits per heavy atom. The lowest BCUT2D eigenvalue weighted by Crippen LogP contribution is -2.42. The first-order chi connectivity index (χ1) is 14.0. The van der Waals surface area contributed by atoms with Crippen LogP contribution >= 0.6 is 0 Å². The highest BCUT2D eigenvalue weighted by molar-refractivity contribution is 6.05. The van der Waals surface area contributed by atoms with E-state index < -0.39 is 24.6 Å². The number of hydrogen-bond acceptors (Lipinski definition) is 5. The Morgan fingerprint density at radius 2 is 1.83 bits per heavy atom. The standard InChI is InChI=1S/C22H24N2O5/c1-3-19(29-16-9-5-4-6-10-16)22(27)28-14-21(26)24-15(2)13-20(25)23-17-11-7-8-12-18(17)24/h4-12,15,19H,3,13-14H2,1-2H3,(H,23,25)/t15-,19+/m1/s1. The molecule has 29 heavy (non-hydrogen) atoms. The van der Waals surface area contributed by atoms with Crippen LogP contribution in [0.4, 0.5) is 11.4 Å². The van der Waals surface area contributed by atoms with Crippen LogP contribution < -0.4 is 15.0 Å². The zero-order valence-corrected chi connectivity index (χ0v) is 16.5. The monoisotopic (exact) mass is 396 g/mol. The SMILES string of the molecule is CC[C@H](Oc1ccccc1)C(=O)OCC(=O)N1c2ccccc2NC(=O)C[C@H]1C. The molecule has 0 spiro atoms. The van der Waals surface area contributed by atoms with Gasteiger partial charge in [-0.1, -0.05) is 37.3 Å². The summed E-state index contributed by atoms with van der Waals surface area (Å²) < 4.78 is 10.9. The summed E-state index contributed by atoms with van der Waals surface area (Å²) in [6.45, 7) is 3.16. The van der Waals surface area contributed by atoms with Crippen molar-refractivity contribution in [2.24, 2.45) is 0 Å². The number of rotatable bonds is 6. The van der Waals surface area contributed by atoms with Crippen LogP contribution in [0, 0.1) is 0 Å². The van der Waals surface area contributed by atoms with E-state index in [9.17, 15) is 14.4 Å². The van der Waals surface area contributed by atoms with Gasteiger partial charge in [0.2, 0.25) is 5.91 Å². The molecular formula is C22H24N2O5. The number of benzene rings is 2. The summed E-state index contributed by atoms with van der Waals surface area (Å²) >= 11 is 0. The molecule has 0 fully saturated rings. The van der Waals surface area contributed by atoms with E-state index in [-0.39, 0.29) is 18.4 Å². The summed E-state index contributed by atoms with van der Waals surface area (Å²) in [5, 5.41) is 2.80. The van der Waals surface area contributed by atoms with Crippen LogP contribution in [0.5, 0.6) is 5.75 Å². The van der Waals surface area contributed by atoms with Crippen LogP contribution in [0.2, 0.25) is 0 Å². The maximum atomic E-state index is 12.9. The number of esters is 1. The lowest BCUT2D eigenvalue weighted by molar-refractivity contribution is -0.155. The molecule has 7 heteroatoms. The summed E-state index contributed by atoms with van der Waals surface area (Å²) in [7, 11) is 0. The van der Waals surface area contributed by atoms with Gasteiger partial charge in [0.25, 0.3) is 5.91 Å². The van der Waals surface area contributed by atoms with Gasteiger partial charge in [-0.25, -0.2) is 4.79 Å². The minimum Gasteiger partial charge on any atom is -0.479 e. The maximum Gasteiger partial charge on any atom is 0.347 e. The van der Waals surface area contributed by atoms with Gasteiger partial charge in [0.15, 0.2) is 12.7 Å². The third-order valence-corrected chi connectivity index (χ3v) is 4.62. The number of hydrogen-bond donors (Lipinski definition) is 1. The molecule has 152 valence electrons. The third-order valence-electron chi connectivity index (χ3n) is 4.62. The molecule has 0 unspecified atom stereocenters. The Labute approximate surface area is 169 Å². The molecule has 1 N–H and O–H groups in total. The first-order valence-electron chi connectivity index (χ1n) is 9.59. The summed E-state index contributed by atoms with van der Waals surface area (Å²) in [5.41, 5.74) is 1.14. The molecule has 1 heterocycles. The molecule has 0 saturated carbocycles. The van der Waals surface area contributed by atoms with E-state index in [1.54, 1.807) is 50.2 Å². The number of para-hydroxylation sites is 3. The Balaban J connectivity index is 1.67. The Hall–Kier alpha value is -3.35. The van der Waals surface area contributed by atoms with Crippen molar-refractivity contribution in [3.63, 3.8) is 0 Å². The van der Waals surface area contributed by atoms with E-state index in [1.807, 2.05) is 18.2 Å². The van der Waals surface area contributed by atoms with E-state index in [0.717, 1.165) is 0 Å². The Bertz CT molecular complexity index is 884. The van der Waals surface area contributed by atoms with Crippen LogP contribution in [0.15, 0.2) is 54.6 Å². The van der Waals surface area contributed by atoms with Crippen molar-refractivity contribution in [1.82, 2.24) is 0 Å². The van der Waals surface area contributed by atoms with Crippen LogP contribution in [0.1, 0.15) is 26.7 Å². The van der Waals surface area contributed by atoms with Crippen LogP contribution in [-0.2, 0) is 19.1 Å². The normalized spacial score (nSPS) is 16.8. The topological polar surface area (TPSA) is 84.9 Å². The van der Waals surface area contributed by atoms with Gasteiger partial charge in [-0.2, -0.15) is 0 Å². The predicted molar refractivity (Wildman–Crippen MR) is 109 cm³/mol. The number of ether oxygens (including phenoxy) is 2. The first kappa shape index (κ1) is 20.4. The molecular weight excluding hydrogens is 372 g/mol. The molecule has 0 saturated heterocycles. The van der Waals surface area contributed by atoms with Gasteiger partial charge in [0, 0.05) is 12.5 Å². The van der Waals surface area contributed by atoms with E-state index in [1.165, 1.54) is 4.90 Å². The zero-order valence-electron chi connectivity index (χ0n) is 16.5. The number of amides is 2. The molecule has 0 aromatic heterocycles. The number of nitrogens with zero attached hydrogens (tertiary/aromatic N) is 1. The summed E-state index contributed by atoms with van der Waals surface area (Å²) in [6, 6.07) is 15.7. The van der Waals surface area contributed by atoms with Crippen molar-refractivity contribution in [2.75, 3.05) is 16.8 Å². The smallest absolute Gasteiger partial charge is 0.347 e. The number of carbonyl (C=O) groups is 3. The summed E-state index contributed by atoms with van der Waals surface area (Å²) in [6.07, 6.45) is -0.242. The molecule has 7 nitrogen and oxygen atoms in total. The van der Waals surface area contributed by atoms with Gasteiger partial charge < -0.3 is 19.7 Å². The second-order valence-corrected chi connectivity index (χ2v) is 6.82. The summed E-state index contributed by atoms with van der Waals surface area (Å²) in [5.74, 6) is -0.610.